The number of hydrogen-bond donors (Lipinski definition) is 1. The van der Waals surface area contributed by atoms with Crippen molar-refractivity contribution in [1.29, 1.82) is 5.41 Å². The SMILES string of the molecule is CN(C)c1ccc(C=C2SC(=N)N(c3cccc(C(F)(F)F)c3)C2=O)cc1. The minimum atomic E-state index is -4.51. The number of amidine groups is 1. The van der Waals surface area contributed by atoms with Gasteiger partial charge in [0.25, 0.3) is 5.91 Å². The summed E-state index contributed by atoms with van der Waals surface area (Å²) in [4.78, 5) is 15.9. The zero-order chi connectivity index (χ0) is 19.8. The van der Waals surface area contributed by atoms with Gasteiger partial charge in [0, 0.05) is 19.8 Å². The van der Waals surface area contributed by atoms with Crippen molar-refractivity contribution in [2.45, 2.75) is 6.18 Å². The molecule has 2 aromatic carbocycles. The zero-order valence-corrected chi connectivity index (χ0v) is 15.4. The Labute approximate surface area is 158 Å². The van der Waals surface area contributed by atoms with Gasteiger partial charge in [-0.25, -0.2) is 0 Å². The van der Waals surface area contributed by atoms with Crippen LogP contribution in [0.15, 0.2) is 53.4 Å². The van der Waals surface area contributed by atoms with E-state index in [4.69, 9.17) is 5.41 Å². The van der Waals surface area contributed by atoms with E-state index in [2.05, 4.69) is 0 Å². The summed E-state index contributed by atoms with van der Waals surface area (Å²) in [6, 6.07) is 11.9. The minimum Gasteiger partial charge on any atom is -0.378 e. The molecule has 0 aromatic heterocycles. The predicted octanol–water partition coefficient (Wildman–Crippen LogP) is 4.83. The lowest BCUT2D eigenvalue weighted by atomic mass is 10.1. The highest BCUT2D eigenvalue weighted by Crippen LogP contribution is 2.37. The summed E-state index contributed by atoms with van der Waals surface area (Å²) in [7, 11) is 3.83. The Morgan fingerprint density at radius 1 is 1.11 bits per heavy atom. The Morgan fingerprint density at radius 3 is 2.37 bits per heavy atom. The quantitative estimate of drug-likeness (QED) is 0.763. The lowest BCUT2D eigenvalue weighted by Crippen LogP contribution is -2.28. The van der Waals surface area contributed by atoms with Crippen molar-refractivity contribution < 1.29 is 18.0 Å². The van der Waals surface area contributed by atoms with E-state index in [0.29, 0.717) is 0 Å². The summed E-state index contributed by atoms with van der Waals surface area (Å²) < 4.78 is 38.8. The van der Waals surface area contributed by atoms with Crippen molar-refractivity contribution in [1.82, 2.24) is 0 Å². The molecule has 0 unspecified atom stereocenters. The average molecular weight is 391 g/mol. The average Bonchev–Trinajstić information content (AvgIpc) is 2.88. The molecule has 0 spiro atoms. The third-order valence-corrected chi connectivity index (χ3v) is 4.85. The number of alkyl halides is 3. The second-order valence-corrected chi connectivity index (χ2v) is 7.12. The molecule has 1 aliphatic heterocycles. The Bertz CT molecular complexity index is 921. The highest BCUT2D eigenvalue weighted by Gasteiger charge is 2.36. The maximum atomic E-state index is 12.9. The summed E-state index contributed by atoms with van der Waals surface area (Å²) in [5, 5.41) is 7.90. The first kappa shape index (κ1) is 19.0. The second-order valence-electron chi connectivity index (χ2n) is 6.09. The summed E-state index contributed by atoms with van der Waals surface area (Å²) in [6.45, 7) is 0. The molecule has 27 heavy (non-hydrogen) atoms. The van der Waals surface area contributed by atoms with Gasteiger partial charge in [-0.2, -0.15) is 13.2 Å². The standard InChI is InChI=1S/C19H16F3N3OS/c1-24(2)14-8-6-12(7-9-14)10-16-17(26)25(18(23)27-16)15-5-3-4-13(11-15)19(20,21)22/h3-11,23H,1-2H3. The molecular weight excluding hydrogens is 375 g/mol. The smallest absolute Gasteiger partial charge is 0.378 e. The molecule has 0 radical (unpaired) electrons. The monoisotopic (exact) mass is 391 g/mol. The zero-order valence-electron chi connectivity index (χ0n) is 14.5. The third-order valence-electron chi connectivity index (χ3n) is 3.96. The van der Waals surface area contributed by atoms with Gasteiger partial charge in [0.2, 0.25) is 0 Å². The number of halogens is 3. The lowest BCUT2D eigenvalue weighted by Gasteiger charge is -2.16. The van der Waals surface area contributed by atoms with Gasteiger partial charge in [-0.15, -0.1) is 0 Å². The van der Waals surface area contributed by atoms with Crippen molar-refractivity contribution in [2.75, 3.05) is 23.9 Å². The second kappa shape index (κ2) is 7.11. The fourth-order valence-corrected chi connectivity index (χ4v) is 3.42. The molecular formula is C19H16F3N3OS. The molecule has 1 heterocycles. The molecule has 140 valence electrons. The number of hydrogen-bond acceptors (Lipinski definition) is 4. The Kier molecular flexibility index (Phi) is 5.01. The molecule has 1 amide bonds. The first-order valence-corrected chi connectivity index (χ1v) is 8.75. The number of nitrogens with one attached hydrogen (secondary N) is 1. The van der Waals surface area contributed by atoms with Gasteiger partial charge in [0.1, 0.15) is 0 Å². The van der Waals surface area contributed by atoms with Crippen LogP contribution in [-0.4, -0.2) is 25.2 Å². The van der Waals surface area contributed by atoms with Gasteiger partial charge in [0.15, 0.2) is 5.17 Å². The highest BCUT2D eigenvalue weighted by atomic mass is 32.2. The van der Waals surface area contributed by atoms with Crippen LogP contribution in [-0.2, 0) is 11.0 Å². The molecule has 3 rings (SSSR count). The molecule has 0 atom stereocenters. The van der Waals surface area contributed by atoms with E-state index in [1.54, 1.807) is 6.08 Å². The topological polar surface area (TPSA) is 47.4 Å². The maximum Gasteiger partial charge on any atom is 0.416 e. The molecule has 0 saturated carbocycles. The summed E-state index contributed by atoms with van der Waals surface area (Å²) >= 11 is 0.924. The Morgan fingerprint density at radius 2 is 1.78 bits per heavy atom. The number of anilines is 2. The van der Waals surface area contributed by atoms with Gasteiger partial charge in [-0.05, 0) is 53.7 Å². The fraction of sp³-hybridized carbons (Fsp3) is 0.158. The van der Waals surface area contributed by atoms with Crippen molar-refractivity contribution in [2.24, 2.45) is 0 Å². The first-order valence-electron chi connectivity index (χ1n) is 7.94. The van der Waals surface area contributed by atoms with Crippen LogP contribution >= 0.6 is 11.8 Å². The largest absolute Gasteiger partial charge is 0.416 e. The van der Waals surface area contributed by atoms with E-state index in [9.17, 15) is 18.0 Å². The van der Waals surface area contributed by atoms with Gasteiger partial charge < -0.3 is 4.90 Å². The highest BCUT2D eigenvalue weighted by molar-refractivity contribution is 8.19. The predicted molar refractivity (Wildman–Crippen MR) is 103 cm³/mol. The molecule has 4 nitrogen and oxygen atoms in total. The maximum absolute atomic E-state index is 12.9. The fourth-order valence-electron chi connectivity index (χ4n) is 2.56. The number of benzene rings is 2. The van der Waals surface area contributed by atoms with Gasteiger partial charge in [-0.3, -0.25) is 15.1 Å². The van der Waals surface area contributed by atoms with E-state index >= 15 is 0 Å². The molecule has 8 heteroatoms. The number of nitrogens with zero attached hydrogens (tertiary/aromatic N) is 2. The summed E-state index contributed by atoms with van der Waals surface area (Å²) in [6.07, 6.45) is -2.88. The van der Waals surface area contributed by atoms with Crippen molar-refractivity contribution in [3.05, 3.63) is 64.6 Å². The normalized spacial score (nSPS) is 16.3. The van der Waals surface area contributed by atoms with Crippen LogP contribution in [0.2, 0.25) is 0 Å². The number of thioether (sulfide) groups is 1. The van der Waals surface area contributed by atoms with Crippen LogP contribution in [0.3, 0.4) is 0 Å². The van der Waals surface area contributed by atoms with Crippen molar-refractivity contribution in [3.63, 3.8) is 0 Å². The van der Waals surface area contributed by atoms with Crippen molar-refractivity contribution in [3.8, 4) is 0 Å². The summed E-state index contributed by atoms with van der Waals surface area (Å²) in [5.74, 6) is -0.513. The molecule has 2 aromatic rings. The minimum absolute atomic E-state index is 0.0266. The van der Waals surface area contributed by atoms with Crippen molar-refractivity contribution >= 4 is 40.3 Å². The van der Waals surface area contributed by atoms with Crippen LogP contribution in [0.1, 0.15) is 11.1 Å². The lowest BCUT2D eigenvalue weighted by molar-refractivity contribution is -0.137. The third kappa shape index (κ3) is 4.00. The van der Waals surface area contributed by atoms with Crippen LogP contribution in [0.4, 0.5) is 24.5 Å². The van der Waals surface area contributed by atoms with E-state index < -0.39 is 17.6 Å². The van der Waals surface area contributed by atoms with Crippen LogP contribution < -0.4 is 9.80 Å². The molecule has 1 aliphatic rings. The van der Waals surface area contributed by atoms with Crippen LogP contribution in [0.25, 0.3) is 6.08 Å². The van der Waals surface area contributed by atoms with E-state index in [1.807, 2.05) is 43.3 Å². The van der Waals surface area contributed by atoms with Gasteiger partial charge in [-0.1, -0.05) is 18.2 Å². The molecule has 0 aliphatic carbocycles. The molecule has 1 N–H and O–H groups in total. The Balaban J connectivity index is 1.89. The van der Waals surface area contributed by atoms with E-state index in [1.165, 1.54) is 12.1 Å². The number of carbonyl (C=O) groups is 1. The van der Waals surface area contributed by atoms with Crippen LogP contribution in [0.5, 0.6) is 0 Å². The first-order chi connectivity index (χ1) is 12.7. The van der Waals surface area contributed by atoms with E-state index in [0.717, 1.165) is 40.0 Å². The Hall–Kier alpha value is -2.74. The van der Waals surface area contributed by atoms with Gasteiger partial charge >= 0.3 is 6.18 Å². The molecule has 1 fully saturated rings. The number of carbonyl (C=O) groups excluding carboxylic acids is 1. The number of amides is 1. The van der Waals surface area contributed by atoms with Crippen LogP contribution in [0, 0.1) is 5.41 Å². The number of rotatable bonds is 3. The summed E-state index contributed by atoms with van der Waals surface area (Å²) in [5.41, 5.74) is 0.942. The van der Waals surface area contributed by atoms with Gasteiger partial charge in [0.05, 0.1) is 16.2 Å². The van der Waals surface area contributed by atoms with E-state index in [-0.39, 0.29) is 15.8 Å². The molecule has 1 saturated heterocycles. The molecule has 0 bridgehead atoms.